The topological polar surface area (TPSA) is 131 Å². The van der Waals surface area contributed by atoms with Gasteiger partial charge < -0.3 is 20.9 Å². The lowest BCUT2D eigenvalue weighted by Crippen LogP contribution is -2.71. The molecule has 2 bridgehead atoms. The summed E-state index contributed by atoms with van der Waals surface area (Å²) < 4.78 is 68.5. The Kier molecular flexibility index (Phi) is 8.34. The zero-order valence-corrected chi connectivity index (χ0v) is 20.4. The lowest BCUT2D eigenvalue weighted by molar-refractivity contribution is -0.196. The molecule has 3 aliphatic heterocycles. The molecule has 4 aliphatic rings. The molecule has 4 amide bonds. The minimum atomic E-state index is -5.27. The number of fused-ring (bicyclic) bond motifs is 3. The van der Waals surface area contributed by atoms with E-state index in [4.69, 9.17) is 0 Å². The highest BCUT2D eigenvalue weighted by Crippen LogP contribution is 2.49. The number of halogens is 5. The summed E-state index contributed by atoms with van der Waals surface area (Å²) in [5.41, 5.74) is 0. The van der Waals surface area contributed by atoms with Crippen molar-refractivity contribution < 1.29 is 41.1 Å². The molecular formula is C23H30F5N5O4. The van der Waals surface area contributed by atoms with Crippen LogP contribution in [0, 0.1) is 29.1 Å². The molecule has 3 N–H and O–H groups in total. The molecule has 0 unspecified atom stereocenters. The van der Waals surface area contributed by atoms with Crippen molar-refractivity contribution in [2.45, 2.75) is 88.6 Å². The van der Waals surface area contributed by atoms with Gasteiger partial charge in [-0.1, -0.05) is 13.8 Å². The Labute approximate surface area is 210 Å². The normalized spacial score (nSPS) is 28.3. The zero-order valence-electron chi connectivity index (χ0n) is 20.4. The minimum Gasteiger partial charge on any atom is -0.356 e. The van der Waals surface area contributed by atoms with E-state index in [1.165, 1.54) is 0 Å². The first-order valence-electron chi connectivity index (χ1n) is 12.2. The van der Waals surface area contributed by atoms with E-state index in [0.29, 0.717) is 13.0 Å². The highest BCUT2D eigenvalue weighted by Gasteiger charge is 2.61. The van der Waals surface area contributed by atoms with Crippen molar-refractivity contribution in [3.8, 4) is 6.07 Å². The van der Waals surface area contributed by atoms with Gasteiger partial charge in [0, 0.05) is 24.9 Å². The number of alkyl halides is 5. The van der Waals surface area contributed by atoms with E-state index in [1.807, 2.05) is 6.07 Å². The first-order chi connectivity index (χ1) is 17.2. The molecule has 6 atom stereocenters. The fraction of sp³-hybridized carbons (Fsp3) is 0.783. The Morgan fingerprint density at radius 1 is 1.19 bits per heavy atom. The van der Waals surface area contributed by atoms with E-state index in [1.54, 1.807) is 19.2 Å². The Bertz CT molecular complexity index is 966. The van der Waals surface area contributed by atoms with Crippen LogP contribution >= 0.6 is 0 Å². The van der Waals surface area contributed by atoms with E-state index in [0.717, 1.165) is 4.90 Å². The molecule has 206 valence electrons. The second-order valence-corrected chi connectivity index (χ2v) is 10.3. The lowest BCUT2D eigenvalue weighted by Gasteiger charge is -2.54. The molecule has 0 radical (unpaired) electrons. The van der Waals surface area contributed by atoms with Gasteiger partial charge in [0.15, 0.2) is 0 Å². The van der Waals surface area contributed by atoms with Crippen LogP contribution in [0.25, 0.3) is 0 Å². The van der Waals surface area contributed by atoms with Crippen LogP contribution in [0.15, 0.2) is 0 Å². The summed E-state index contributed by atoms with van der Waals surface area (Å²) in [7, 11) is 0. The number of hydrogen-bond donors (Lipinski definition) is 3. The van der Waals surface area contributed by atoms with Crippen molar-refractivity contribution in [2.24, 2.45) is 17.8 Å². The summed E-state index contributed by atoms with van der Waals surface area (Å²) in [4.78, 5) is 51.1. The van der Waals surface area contributed by atoms with E-state index < -0.39 is 72.2 Å². The molecule has 3 heterocycles. The summed E-state index contributed by atoms with van der Waals surface area (Å²) >= 11 is 0. The molecule has 4 fully saturated rings. The monoisotopic (exact) mass is 535 g/mol. The molecule has 3 saturated heterocycles. The van der Waals surface area contributed by atoms with Gasteiger partial charge in [0.05, 0.1) is 12.0 Å². The first-order valence-corrected chi connectivity index (χ1v) is 12.2. The fourth-order valence-corrected chi connectivity index (χ4v) is 5.49. The highest BCUT2D eigenvalue weighted by molar-refractivity contribution is 5.94. The largest absolute Gasteiger partial charge is 0.471 e. The Hall–Kier alpha value is -2.98. The zero-order chi connectivity index (χ0) is 27.7. The molecule has 0 aromatic heterocycles. The average Bonchev–Trinajstić information content (AvgIpc) is 3.19. The third-order valence-electron chi connectivity index (χ3n) is 7.18. The van der Waals surface area contributed by atoms with Gasteiger partial charge in [0.2, 0.25) is 17.7 Å². The molecule has 37 heavy (non-hydrogen) atoms. The number of hydrogen-bond acceptors (Lipinski definition) is 5. The van der Waals surface area contributed by atoms with Gasteiger partial charge >= 0.3 is 12.1 Å². The number of piperidine rings is 2. The van der Waals surface area contributed by atoms with Crippen LogP contribution in [0.3, 0.4) is 0 Å². The SMILES string of the molecule is CC(C)C[C@@H](NC(=O)C(F)(F)F)C(=O)N1[C@@H]2CC[C@H]([C@@H]1C(=O)N[C@@H](C#N)C[C@H]1CCNC1=O)C(F)(F)C2. The van der Waals surface area contributed by atoms with Crippen LogP contribution in [0.5, 0.6) is 0 Å². The second-order valence-electron chi connectivity index (χ2n) is 10.3. The molecule has 9 nitrogen and oxygen atoms in total. The molecule has 4 rings (SSSR count). The van der Waals surface area contributed by atoms with E-state index in [-0.39, 0.29) is 37.5 Å². The maximum atomic E-state index is 14.9. The lowest BCUT2D eigenvalue weighted by atomic mass is 9.71. The smallest absolute Gasteiger partial charge is 0.356 e. The third-order valence-corrected chi connectivity index (χ3v) is 7.18. The van der Waals surface area contributed by atoms with Gasteiger partial charge in [0.1, 0.15) is 18.1 Å². The number of nitriles is 1. The Balaban J connectivity index is 1.87. The van der Waals surface area contributed by atoms with Gasteiger partial charge in [-0.2, -0.15) is 18.4 Å². The van der Waals surface area contributed by atoms with Crippen LogP contribution < -0.4 is 16.0 Å². The Morgan fingerprint density at radius 3 is 2.38 bits per heavy atom. The molecule has 0 spiro atoms. The molecule has 0 aromatic rings. The predicted molar refractivity (Wildman–Crippen MR) is 117 cm³/mol. The highest BCUT2D eigenvalue weighted by atomic mass is 19.4. The maximum absolute atomic E-state index is 14.9. The predicted octanol–water partition coefficient (Wildman–Crippen LogP) is 1.63. The second kappa shape index (κ2) is 10.8. The van der Waals surface area contributed by atoms with Gasteiger partial charge in [-0.25, -0.2) is 8.78 Å². The van der Waals surface area contributed by atoms with Crippen molar-refractivity contribution >= 4 is 23.6 Å². The standard InChI is InChI=1S/C23H30F5N5O4/c1-11(2)7-16(32-21(37)23(26,27)28)20(36)33-14-3-4-15(22(24,25)9-14)17(33)19(35)31-13(10-29)8-12-5-6-30-18(12)34/h11-17H,3-9H2,1-2H3,(H,30,34)(H,31,35)(H,32,37)/t12-,13-,14-,15-,16-,17-/m1/s1. The number of rotatable bonds is 8. The van der Waals surface area contributed by atoms with Crippen molar-refractivity contribution in [3.05, 3.63) is 0 Å². The summed E-state index contributed by atoms with van der Waals surface area (Å²) in [6.07, 6.45) is -5.87. The van der Waals surface area contributed by atoms with Crippen LogP contribution in [0.2, 0.25) is 0 Å². The van der Waals surface area contributed by atoms with Gasteiger partial charge in [-0.15, -0.1) is 0 Å². The van der Waals surface area contributed by atoms with Crippen LogP contribution in [0.1, 0.15) is 52.4 Å². The first kappa shape index (κ1) is 28.6. The summed E-state index contributed by atoms with van der Waals surface area (Å²) in [5.74, 6) is -10.6. The summed E-state index contributed by atoms with van der Waals surface area (Å²) in [6, 6.07) is -3.94. The van der Waals surface area contributed by atoms with Crippen molar-refractivity contribution in [1.29, 1.82) is 5.26 Å². The number of nitrogens with one attached hydrogen (secondary N) is 3. The van der Waals surface area contributed by atoms with E-state index >= 15 is 0 Å². The molecule has 1 aliphatic carbocycles. The van der Waals surface area contributed by atoms with Crippen LogP contribution in [-0.4, -0.2) is 71.3 Å². The number of amides is 4. The van der Waals surface area contributed by atoms with Gasteiger partial charge in [0.25, 0.3) is 5.92 Å². The van der Waals surface area contributed by atoms with Crippen LogP contribution in [0.4, 0.5) is 22.0 Å². The van der Waals surface area contributed by atoms with Crippen molar-refractivity contribution in [1.82, 2.24) is 20.9 Å². The summed E-state index contributed by atoms with van der Waals surface area (Å²) in [5, 5.41) is 16.1. The fourth-order valence-electron chi connectivity index (χ4n) is 5.49. The van der Waals surface area contributed by atoms with Crippen LogP contribution in [-0.2, 0) is 19.2 Å². The van der Waals surface area contributed by atoms with Gasteiger partial charge in [-0.05, 0) is 38.0 Å². The molecule has 0 aromatic carbocycles. The summed E-state index contributed by atoms with van der Waals surface area (Å²) in [6.45, 7) is 3.62. The average molecular weight is 536 g/mol. The molecule has 14 heteroatoms. The van der Waals surface area contributed by atoms with E-state index in [2.05, 4.69) is 10.6 Å². The van der Waals surface area contributed by atoms with Crippen molar-refractivity contribution in [2.75, 3.05) is 6.54 Å². The Morgan fingerprint density at radius 2 is 1.86 bits per heavy atom. The number of nitrogens with zero attached hydrogens (tertiary/aromatic N) is 2. The minimum absolute atomic E-state index is 0.0587. The van der Waals surface area contributed by atoms with Crippen molar-refractivity contribution in [3.63, 3.8) is 0 Å². The maximum Gasteiger partial charge on any atom is 0.471 e. The number of carbonyl (C=O) groups is 4. The molecule has 1 saturated carbocycles. The number of carbonyl (C=O) groups excluding carboxylic acids is 4. The third kappa shape index (κ3) is 6.30. The van der Waals surface area contributed by atoms with E-state index in [9.17, 15) is 46.4 Å². The van der Waals surface area contributed by atoms with Gasteiger partial charge in [-0.3, -0.25) is 19.2 Å². The quantitative estimate of drug-likeness (QED) is 0.407. The molecular weight excluding hydrogens is 505 g/mol.